The van der Waals surface area contributed by atoms with Crippen molar-refractivity contribution in [1.29, 1.82) is 0 Å². The number of nitrogens with zero attached hydrogens (tertiary/aromatic N) is 2. The monoisotopic (exact) mass is 380 g/mol. The fourth-order valence-electron chi connectivity index (χ4n) is 2.96. The Kier molecular flexibility index (Phi) is 6.78. The number of benzene rings is 1. The van der Waals surface area contributed by atoms with Crippen LogP contribution in [-0.4, -0.2) is 40.8 Å². The Balaban J connectivity index is 1.89. The van der Waals surface area contributed by atoms with Gasteiger partial charge in [0.25, 0.3) is 5.91 Å². The van der Waals surface area contributed by atoms with Crippen LogP contribution in [0.1, 0.15) is 16.8 Å². The van der Waals surface area contributed by atoms with Gasteiger partial charge in [0.2, 0.25) is 0 Å². The van der Waals surface area contributed by atoms with E-state index < -0.39 is 5.91 Å². The molecule has 7 heteroatoms. The summed E-state index contributed by atoms with van der Waals surface area (Å²) in [5.41, 5.74) is 5.47. The van der Waals surface area contributed by atoms with Gasteiger partial charge in [-0.2, -0.15) is 0 Å². The first kappa shape index (κ1) is 19.6. The summed E-state index contributed by atoms with van der Waals surface area (Å²) in [6.07, 6.45) is 6.51. The quantitative estimate of drug-likeness (QED) is 0.230. The number of amides is 1. The molecule has 0 saturated heterocycles. The zero-order valence-corrected chi connectivity index (χ0v) is 15.8. The van der Waals surface area contributed by atoms with E-state index in [4.69, 9.17) is 14.9 Å². The molecule has 1 amide bonds. The van der Waals surface area contributed by atoms with E-state index in [2.05, 4.69) is 17.4 Å². The van der Waals surface area contributed by atoms with Gasteiger partial charge >= 0.3 is 0 Å². The number of carbonyl (C=O) groups excluding carboxylic acids is 1. The van der Waals surface area contributed by atoms with Gasteiger partial charge in [-0.05, 0) is 42.2 Å². The number of aromatic nitrogens is 2. The Morgan fingerprint density at radius 1 is 1.21 bits per heavy atom. The van der Waals surface area contributed by atoms with E-state index in [0.29, 0.717) is 13.2 Å². The lowest BCUT2D eigenvalue weighted by atomic mass is 10.1. The maximum absolute atomic E-state index is 11.2. The molecule has 28 heavy (non-hydrogen) atoms. The molecule has 0 spiro atoms. The summed E-state index contributed by atoms with van der Waals surface area (Å²) in [5, 5.41) is 12.0. The minimum absolute atomic E-state index is 0.576. The van der Waals surface area contributed by atoms with Crippen molar-refractivity contribution in [3.63, 3.8) is 0 Å². The van der Waals surface area contributed by atoms with Crippen molar-refractivity contribution in [1.82, 2.24) is 14.9 Å². The van der Waals surface area contributed by atoms with Crippen LogP contribution in [0.25, 0.3) is 11.7 Å². The van der Waals surface area contributed by atoms with Crippen molar-refractivity contribution in [2.75, 3.05) is 25.6 Å². The van der Waals surface area contributed by atoms with Crippen molar-refractivity contribution < 1.29 is 14.7 Å². The zero-order valence-electron chi connectivity index (χ0n) is 15.8. The minimum atomic E-state index is -0.576. The van der Waals surface area contributed by atoms with Gasteiger partial charge in [-0.3, -0.25) is 14.4 Å². The lowest BCUT2D eigenvalue weighted by molar-refractivity contribution is -0.124. The number of ether oxygens (including phenoxy) is 1. The van der Waals surface area contributed by atoms with E-state index in [1.54, 1.807) is 18.7 Å². The van der Waals surface area contributed by atoms with Crippen molar-refractivity contribution >= 4 is 23.4 Å². The van der Waals surface area contributed by atoms with Crippen molar-refractivity contribution in [3.8, 4) is 0 Å². The molecule has 0 bridgehead atoms. The average molecular weight is 380 g/mol. The molecule has 3 N–H and O–H groups in total. The highest BCUT2D eigenvalue weighted by Gasteiger charge is 2.12. The van der Waals surface area contributed by atoms with Gasteiger partial charge in [-0.25, -0.2) is 10.5 Å². The first-order chi connectivity index (χ1) is 13.7. The number of pyridine rings is 1. The van der Waals surface area contributed by atoms with Gasteiger partial charge in [-0.1, -0.05) is 30.3 Å². The van der Waals surface area contributed by atoms with Crippen molar-refractivity contribution in [3.05, 3.63) is 71.6 Å². The van der Waals surface area contributed by atoms with Gasteiger partial charge in [0, 0.05) is 25.9 Å². The second-order valence-corrected chi connectivity index (χ2v) is 6.31. The van der Waals surface area contributed by atoms with Crippen LogP contribution in [0.5, 0.6) is 0 Å². The number of nitrogens with one attached hydrogen (secondary N) is 2. The number of hydroxylamine groups is 1. The summed E-state index contributed by atoms with van der Waals surface area (Å²) in [7, 11) is 1.67. The Morgan fingerprint density at radius 2 is 2.04 bits per heavy atom. The van der Waals surface area contributed by atoms with E-state index in [-0.39, 0.29) is 0 Å². The van der Waals surface area contributed by atoms with Gasteiger partial charge in [0.15, 0.2) is 0 Å². The molecule has 3 aromatic rings. The molecule has 0 fully saturated rings. The van der Waals surface area contributed by atoms with Gasteiger partial charge in [-0.15, -0.1) is 0 Å². The Morgan fingerprint density at radius 3 is 2.79 bits per heavy atom. The van der Waals surface area contributed by atoms with E-state index in [1.165, 1.54) is 11.6 Å². The van der Waals surface area contributed by atoms with Gasteiger partial charge in [0.05, 0.1) is 12.3 Å². The molecule has 0 aliphatic heterocycles. The maximum Gasteiger partial charge on any atom is 0.267 e. The lowest BCUT2D eigenvalue weighted by Crippen LogP contribution is -2.14. The summed E-state index contributed by atoms with van der Waals surface area (Å²) in [6, 6.07) is 14.1. The Bertz CT molecular complexity index is 951. The third-order valence-corrected chi connectivity index (χ3v) is 4.34. The van der Waals surface area contributed by atoms with E-state index in [9.17, 15) is 4.79 Å². The predicted octanol–water partition coefficient (Wildman–Crippen LogP) is 2.70. The largest absolute Gasteiger partial charge is 0.383 e. The number of rotatable bonds is 9. The van der Waals surface area contributed by atoms with Crippen LogP contribution in [0.4, 0.5) is 5.82 Å². The molecule has 3 rings (SSSR count). The third-order valence-electron chi connectivity index (χ3n) is 4.34. The highest BCUT2D eigenvalue weighted by Crippen LogP contribution is 2.21. The third kappa shape index (κ3) is 4.97. The van der Waals surface area contributed by atoms with Crippen LogP contribution >= 0.6 is 0 Å². The number of hydrogen-bond acceptors (Lipinski definition) is 5. The fourth-order valence-corrected chi connectivity index (χ4v) is 2.96. The predicted molar refractivity (Wildman–Crippen MR) is 108 cm³/mol. The normalized spacial score (nSPS) is 11.2. The van der Waals surface area contributed by atoms with Crippen LogP contribution < -0.4 is 10.8 Å². The Hall–Kier alpha value is -3.16. The molecule has 0 atom stereocenters. The molecule has 146 valence electrons. The molecule has 2 heterocycles. The van der Waals surface area contributed by atoms with E-state index in [0.717, 1.165) is 35.6 Å². The first-order valence-corrected chi connectivity index (χ1v) is 9.11. The van der Waals surface area contributed by atoms with Crippen LogP contribution in [-0.2, 0) is 22.4 Å². The topological polar surface area (TPSA) is 87.9 Å². The number of fused-ring (bicyclic) bond motifs is 1. The number of imidazole rings is 1. The number of aryl methyl sites for hydroxylation is 2. The Labute approximate surface area is 163 Å². The highest BCUT2D eigenvalue weighted by atomic mass is 16.5. The number of hydrogen-bond donors (Lipinski definition) is 3. The summed E-state index contributed by atoms with van der Waals surface area (Å²) < 4.78 is 7.13. The van der Waals surface area contributed by atoms with Gasteiger partial charge < -0.3 is 10.1 Å². The summed E-state index contributed by atoms with van der Waals surface area (Å²) in [6.45, 7) is 1.25. The van der Waals surface area contributed by atoms with Crippen molar-refractivity contribution in [2.24, 2.45) is 0 Å². The molecule has 0 radical (unpaired) electrons. The number of anilines is 1. The molecule has 2 aromatic heterocycles. The summed E-state index contributed by atoms with van der Waals surface area (Å²) >= 11 is 0. The molecule has 0 aliphatic carbocycles. The minimum Gasteiger partial charge on any atom is -0.383 e. The molecule has 0 unspecified atom stereocenters. The average Bonchev–Trinajstić information content (AvgIpc) is 3.08. The van der Waals surface area contributed by atoms with Crippen LogP contribution in [0.15, 0.2) is 54.7 Å². The second kappa shape index (κ2) is 9.68. The fraction of sp³-hybridized carbons (Fsp3) is 0.238. The highest BCUT2D eigenvalue weighted by molar-refractivity contribution is 5.90. The molecular weight excluding hydrogens is 356 g/mol. The standard InChI is InChI=1S/C21H24N4O3/c1-28-14-13-22-21-18(10-7-16-5-3-2-4-6-16)23-19-11-8-17(15-25(19)21)9-12-20(26)24-27/h2-6,8-9,11-12,15,22,27H,7,10,13-14H2,1H3,(H,24,26). The molecule has 0 aliphatic rings. The number of carbonyl (C=O) groups is 1. The van der Waals surface area contributed by atoms with Gasteiger partial charge in [0.1, 0.15) is 11.5 Å². The summed E-state index contributed by atoms with van der Waals surface area (Å²) in [4.78, 5) is 16.0. The van der Waals surface area contributed by atoms with Crippen LogP contribution in [0.3, 0.4) is 0 Å². The van der Waals surface area contributed by atoms with E-state index >= 15 is 0 Å². The molecular formula is C21H24N4O3. The maximum atomic E-state index is 11.2. The van der Waals surface area contributed by atoms with Crippen LogP contribution in [0.2, 0.25) is 0 Å². The first-order valence-electron chi connectivity index (χ1n) is 9.11. The van der Waals surface area contributed by atoms with E-state index in [1.807, 2.05) is 40.9 Å². The number of methoxy groups -OCH3 is 1. The summed E-state index contributed by atoms with van der Waals surface area (Å²) in [5.74, 6) is 0.345. The zero-order chi connectivity index (χ0) is 19.8. The lowest BCUT2D eigenvalue weighted by Gasteiger charge is -2.09. The smallest absolute Gasteiger partial charge is 0.267 e. The second-order valence-electron chi connectivity index (χ2n) is 6.31. The van der Waals surface area contributed by atoms with Crippen molar-refractivity contribution in [2.45, 2.75) is 12.8 Å². The van der Waals surface area contributed by atoms with Crippen LogP contribution in [0, 0.1) is 0 Å². The SMILES string of the molecule is COCCNc1c(CCc2ccccc2)nc2ccc(C=CC(=O)NO)cn12. The molecule has 7 nitrogen and oxygen atoms in total. The molecule has 1 aromatic carbocycles. The molecule has 0 saturated carbocycles.